The van der Waals surface area contributed by atoms with Crippen molar-refractivity contribution in [2.24, 2.45) is 0 Å². The molecular formula is C13H8ClN3OS. The van der Waals surface area contributed by atoms with Crippen molar-refractivity contribution in [1.82, 2.24) is 8.75 Å². The van der Waals surface area contributed by atoms with Gasteiger partial charge in [0.1, 0.15) is 11.0 Å². The molecule has 0 saturated carbocycles. The highest BCUT2D eigenvalue weighted by atomic mass is 35.5. The number of benzene rings is 2. The minimum absolute atomic E-state index is 0.258. The number of aromatic nitrogens is 2. The van der Waals surface area contributed by atoms with Crippen molar-refractivity contribution < 1.29 is 4.79 Å². The summed E-state index contributed by atoms with van der Waals surface area (Å²) < 4.78 is 8.30. The number of nitrogens with one attached hydrogen (secondary N) is 1. The molecule has 2 aromatic carbocycles. The number of hydrogen-bond acceptors (Lipinski definition) is 4. The molecule has 0 fully saturated rings. The highest BCUT2D eigenvalue weighted by Crippen LogP contribution is 2.23. The van der Waals surface area contributed by atoms with Gasteiger partial charge in [0.05, 0.1) is 28.0 Å². The number of rotatable bonds is 2. The molecule has 1 aromatic heterocycles. The highest BCUT2D eigenvalue weighted by Gasteiger charge is 2.12. The summed E-state index contributed by atoms with van der Waals surface area (Å²) in [6.45, 7) is 0. The van der Waals surface area contributed by atoms with E-state index in [1.54, 1.807) is 30.3 Å². The molecule has 94 valence electrons. The Hall–Kier alpha value is -1.98. The van der Waals surface area contributed by atoms with Crippen LogP contribution in [0.3, 0.4) is 0 Å². The van der Waals surface area contributed by atoms with Crippen molar-refractivity contribution >= 4 is 46.0 Å². The standard InChI is InChI=1S/C13H8ClN3OS/c14-9-5-2-1-4-8(9)13(18)15-10-6-3-7-11-12(10)17-19-16-11/h1-7H,(H,15,18). The molecular weight excluding hydrogens is 282 g/mol. The molecule has 1 heterocycles. The van der Waals surface area contributed by atoms with Crippen LogP contribution in [-0.4, -0.2) is 14.7 Å². The maximum Gasteiger partial charge on any atom is 0.257 e. The van der Waals surface area contributed by atoms with Gasteiger partial charge in [-0.15, -0.1) is 0 Å². The van der Waals surface area contributed by atoms with Crippen LogP contribution in [0.5, 0.6) is 0 Å². The largest absolute Gasteiger partial charge is 0.320 e. The fourth-order valence-electron chi connectivity index (χ4n) is 1.74. The first-order valence-corrected chi connectivity index (χ1v) is 6.64. The lowest BCUT2D eigenvalue weighted by atomic mass is 10.2. The summed E-state index contributed by atoms with van der Waals surface area (Å²) >= 11 is 7.11. The van der Waals surface area contributed by atoms with Crippen LogP contribution in [0.25, 0.3) is 11.0 Å². The minimum Gasteiger partial charge on any atom is -0.320 e. The average molecular weight is 290 g/mol. The lowest BCUT2D eigenvalue weighted by Gasteiger charge is -2.06. The molecule has 6 heteroatoms. The Labute approximate surface area is 118 Å². The van der Waals surface area contributed by atoms with Gasteiger partial charge in [-0.3, -0.25) is 4.79 Å². The lowest BCUT2D eigenvalue weighted by molar-refractivity contribution is 0.102. The number of hydrogen-bond donors (Lipinski definition) is 1. The average Bonchev–Trinajstić information content (AvgIpc) is 2.88. The summed E-state index contributed by atoms with van der Waals surface area (Å²) in [5, 5.41) is 3.23. The molecule has 3 aromatic rings. The van der Waals surface area contributed by atoms with Crippen LogP contribution in [-0.2, 0) is 0 Å². The zero-order chi connectivity index (χ0) is 13.2. The van der Waals surface area contributed by atoms with Crippen molar-refractivity contribution in [1.29, 1.82) is 0 Å². The molecule has 0 unspecified atom stereocenters. The first kappa shape index (κ1) is 12.1. The summed E-state index contributed by atoms with van der Waals surface area (Å²) in [7, 11) is 0. The lowest BCUT2D eigenvalue weighted by Crippen LogP contribution is -2.12. The molecule has 0 atom stereocenters. The number of halogens is 1. The molecule has 1 N–H and O–H groups in total. The van der Waals surface area contributed by atoms with Gasteiger partial charge in [-0.1, -0.05) is 29.8 Å². The number of anilines is 1. The predicted octanol–water partition coefficient (Wildman–Crippen LogP) is 3.60. The van der Waals surface area contributed by atoms with E-state index in [-0.39, 0.29) is 5.91 Å². The fourth-order valence-corrected chi connectivity index (χ4v) is 2.51. The zero-order valence-corrected chi connectivity index (χ0v) is 11.2. The number of carbonyl (C=O) groups is 1. The molecule has 0 spiro atoms. The maximum atomic E-state index is 12.2. The van der Waals surface area contributed by atoms with E-state index in [9.17, 15) is 4.79 Å². The zero-order valence-electron chi connectivity index (χ0n) is 9.63. The number of carbonyl (C=O) groups excluding carboxylic acids is 1. The molecule has 19 heavy (non-hydrogen) atoms. The summed E-state index contributed by atoms with van der Waals surface area (Å²) in [4.78, 5) is 12.2. The summed E-state index contributed by atoms with van der Waals surface area (Å²) in [6.07, 6.45) is 0. The van der Waals surface area contributed by atoms with E-state index in [2.05, 4.69) is 14.1 Å². The van der Waals surface area contributed by atoms with Crippen LogP contribution in [0.4, 0.5) is 5.69 Å². The van der Waals surface area contributed by atoms with Gasteiger partial charge in [0.2, 0.25) is 0 Å². The SMILES string of the molecule is O=C(Nc1cccc2nsnc12)c1ccccc1Cl. The summed E-state index contributed by atoms with van der Waals surface area (Å²) in [5.41, 5.74) is 2.52. The second kappa shape index (κ2) is 4.95. The van der Waals surface area contributed by atoms with Crippen LogP contribution in [0.2, 0.25) is 5.02 Å². The van der Waals surface area contributed by atoms with Crippen molar-refractivity contribution in [3.05, 3.63) is 53.1 Å². The van der Waals surface area contributed by atoms with E-state index < -0.39 is 0 Å². The van der Waals surface area contributed by atoms with Gasteiger partial charge in [0.25, 0.3) is 5.91 Å². The molecule has 0 radical (unpaired) electrons. The Morgan fingerprint density at radius 3 is 2.79 bits per heavy atom. The van der Waals surface area contributed by atoms with E-state index >= 15 is 0 Å². The third-order valence-corrected chi connectivity index (χ3v) is 3.52. The van der Waals surface area contributed by atoms with Gasteiger partial charge in [-0.25, -0.2) is 0 Å². The molecule has 0 saturated heterocycles. The molecule has 4 nitrogen and oxygen atoms in total. The van der Waals surface area contributed by atoms with Crippen LogP contribution in [0, 0.1) is 0 Å². The number of nitrogens with zero attached hydrogens (tertiary/aromatic N) is 2. The topological polar surface area (TPSA) is 54.9 Å². The molecule has 0 bridgehead atoms. The first-order chi connectivity index (χ1) is 9.25. The Kier molecular flexibility index (Phi) is 3.15. The first-order valence-electron chi connectivity index (χ1n) is 5.53. The van der Waals surface area contributed by atoms with Gasteiger partial charge in [0.15, 0.2) is 0 Å². The van der Waals surface area contributed by atoms with Gasteiger partial charge in [-0.05, 0) is 24.3 Å². The van der Waals surface area contributed by atoms with Crippen LogP contribution in [0.15, 0.2) is 42.5 Å². The molecule has 1 amide bonds. The second-order valence-electron chi connectivity index (χ2n) is 3.87. The van der Waals surface area contributed by atoms with Gasteiger partial charge in [-0.2, -0.15) is 8.75 Å². The van der Waals surface area contributed by atoms with Crippen molar-refractivity contribution in [3.8, 4) is 0 Å². The van der Waals surface area contributed by atoms with Gasteiger partial charge >= 0.3 is 0 Å². The molecule has 0 aliphatic carbocycles. The van der Waals surface area contributed by atoms with E-state index in [4.69, 9.17) is 11.6 Å². The van der Waals surface area contributed by atoms with Crippen molar-refractivity contribution in [2.75, 3.05) is 5.32 Å². The minimum atomic E-state index is -0.258. The number of fused-ring (bicyclic) bond motifs is 1. The fraction of sp³-hybridized carbons (Fsp3) is 0. The number of amides is 1. The van der Waals surface area contributed by atoms with Gasteiger partial charge < -0.3 is 5.32 Å². The van der Waals surface area contributed by atoms with Crippen LogP contribution < -0.4 is 5.32 Å². The second-order valence-corrected chi connectivity index (χ2v) is 4.81. The molecule has 0 aliphatic rings. The Bertz CT molecular complexity index is 756. The van der Waals surface area contributed by atoms with Gasteiger partial charge in [0, 0.05) is 0 Å². The van der Waals surface area contributed by atoms with Crippen LogP contribution in [0.1, 0.15) is 10.4 Å². The predicted molar refractivity (Wildman–Crippen MR) is 76.8 cm³/mol. The van der Waals surface area contributed by atoms with E-state index in [1.165, 1.54) is 0 Å². The quantitative estimate of drug-likeness (QED) is 0.784. The third-order valence-electron chi connectivity index (χ3n) is 2.65. The summed E-state index contributed by atoms with van der Waals surface area (Å²) in [6, 6.07) is 12.4. The van der Waals surface area contributed by atoms with E-state index in [1.807, 2.05) is 12.1 Å². The smallest absolute Gasteiger partial charge is 0.257 e. The van der Waals surface area contributed by atoms with Crippen LogP contribution >= 0.6 is 23.3 Å². The molecule has 0 aliphatic heterocycles. The van der Waals surface area contributed by atoms with Crippen molar-refractivity contribution in [3.63, 3.8) is 0 Å². The third kappa shape index (κ3) is 2.30. The van der Waals surface area contributed by atoms with E-state index in [0.29, 0.717) is 21.8 Å². The monoisotopic (exact) mass is 289 g/mol. The Morgan fingerprint density at radius 2 is 1.95 bits per heavy atom. The molecule has 3 rings (SSSR count). The van der Waals surface area contributed by atoms with E-state index in [0.717, 1.165) is 17.2 Å². The highest BCUT2D eigenvalue weighted by molar-refractivity contribution is 7.00. The van der Waals surface area contributed by atoms with Crippen molar-refractivity contribution in [2.45, 2.75) is 0 Å². The summed E-state index contributed by atoms with van der Waals surface area (Å²) in [5.74, 6) is -0.258. The maximum absolute atomic E-state index is 12.2. The Morgan fingerprint density at radius 1 is 1.11 bits per heavy atom. The Balaban J connectivity index is 1.95. The normalized spacial score (nSPS) is 10.6.